The van der Waals surface area contributed by atoms with Crippen molar-refractivity contribution >= 4 is 23.3 Å². The van der Waals surface area contributed by atoms with Crippen LogP contribution in [0.1, 0.15) is 22.2 Å². The van der Waals surface area contributed by atoms with Gasteiger partial charge in [0, 0.05) is 10.3 Å². The summed E-state index contributed by atoms with van der Waals surface area (Å²) < 4.78 is 4.77. The van der Waals surface area contributed by atoms with E-state index in [-0.39, 0.29) is 6.42 Å². The minimum absolute atomic E-state index is 0.0515. The molecule has 0 radical (unpaired) electrons. The van der Waals surface area contributed by atoms with Gasteiger partial charge in [0.25, 0.3) is 0 Å². The molecule has 1 heterocycles. The largest absolute Gasteiger partial charge is 0.481 e. The number of ether oxygens (including phenoxy) is 1. The molecule has 0 saturated carbocycles. The molecular weight excluding hydrogens is 204 g/mol. The summed E-state index contributed by atoms with van der Waals surface area (Å²) in [6.07, 6.45) is -0.0515. The van der Waals surface area contributed by atoms with Crippen molar-refractivity contribution in [2.45, 2.75) is 13.3 Å². The molecule has 0 aliphatic heterocycles. The second-order valence-corrected chi connectivity index (χ2v) is 3.59. The quantitative estimate of drug-likeness (QED) is 0.772. The van der Waals surface area contributed by atoms with E-state index in [4.69, 9.17) is 9.84 Å². The van der Waals surface area contributed by atoms with E-state index in [1.165, 1.54) is 11.3 Å². The van der Waals surface area contributed by atoms with E-state index in [2.05, 4.69) is 0 Å². The van der Waals surface area contributed by atoms with Crippen molar-refractivity contribution < 1.29 is 19.4 Å². The molecule has 76 valence electrons. The Hall–Kier alpha value is -1.36. The summed E-state index contributed by atoms with van der Waals surface area (Å²) in [6, 6.07) is 1.55. The van der Waals surface area contributed by atoms with E-state index < -0.39 is 11.9 Å². The van der Waals surface area contributed by atoms with Crippen LogP contribution in [0.5, 0.6) is 0 Å². The first-order valence-corrected chi connectivity index (χ1v) is 4.97. The highest BCUT2D eigenvalue weighted by Crippen LogP contribution is 2.16. The SMILES string of the molecule is CCOC(=O)c1csc(CC(=O)O)c1. The molecule has 0 fully saturated rings. The van der Waals surface area contributed by atoms with Gasteiger partial charge in [-0.15, -0.1) is 11.3 Å². The summed E-state index contributed by atoms with van der Waals surface area (Å²) in [5.41, 5.74) is 0.424. The predicted molar refractivity (Wildman–Crippen MR) is 51.6 cm³/mol. The van der Waals surface area contributed by atoms with Crippen molar-refractivity contribution in [2.75, 3.05) is 6.61 Å². The Morgan fingerprint density at radius 2 is 2.29 bits per heavy atom. The molecule has 14 heavy (non-hydrogen) atoms. The van der Waals surface area contributed by atoms with Crippen molar-refractivity contribution in [3.8, 4) is 0 Å². The molecule has 0 unspecified atom stereocenters. The summed E-state index contributed by atoms with van der Waals surface area (Å²) in [7, 11) is 0. The van der Waals surface area contributed by atoms with Crippen LogP contribution >= 0.6 is 11.3 Å². The molecule has 4 nitrogen and oxygen atoms in total. The number of carboxylic acid groups (broad SMARTS) is 1. The fraction of sp³-hybridized carbons (Fsp3) is 0.333. The van der Waals surface area contributed by atoms with E-state index in [1.807, 2.05) is 0 Å². The number of esters is 1. The van der Waals surface area contributed by atoms with Gasteiger partial charge in [-0.25, -0.2) is 4.79 Å². The standard InChI is InChI=1S/C9H10O4S/c1-2-13-9(12)6-3-7(14-5-6)4-8(10)11/h3,5H,2,4H2,1H3,(H,10,11). The van der Waals surface area contributed by atoms with Crippen molar-refractivity contribution in [2.24, 2.45) is 0 Å². The Balaban J connectivity index is 2.67. The van der Waals surface area contributed by atoms with Crippen LogP contribution in [0.15, 0.2) is 11.4 Å². The maximum atomic E-state index is 11.2. The molecule has 0 saturated heterocycles. The lowest BCUT2D eigenvalue weighted by Gasteiger charge is -1.96. The number of thiophene rings is 1. The van der Waals surface area contributed by atoms with Gasteiger partial charge in [0.05, 0.1) is 18.6 Å². The molecule has 1 rings (SSSR count). The van der Waals surface area contributed by atoms with Crippen molar-refractivity contribution in [1.29, 1.82) is 0 Å². The third-order valence-electron chi connectivity index (χ3n) is 1.49. The summed E-state index contributed by atoms with van der Waals surface area (Å²) in [6.45, 7) is 2.05. The molecule has 1 aromatic rings. The number of carboxylic acids is 1. The molecule has 5 heteroatoms. The Morgan fingerprint density at radius 1 is 1.57 bits per heavy atom. The third-order valence-corrected chi connectivity index (χ3v) is 2.43. The molecule has 0 bridgehead atoms. The highest BCUT2D eigenvalue weighted by molar-refractivity contribution is 7.10. The summed E-state index contributed by atoms with van der Waals surface area (Å²) in [5.74, 6) is -1.30. The number of hydrogen-bond acceptors (Lipinski definition) is 4. The number of carbonyl (C=O) groups is 2. The number of aliphatic carboxylic acids is 1. The van der Waals surface area contributed by atoms with Crippen LogP contribution < -0.4 is 0 Å². The van der Waals surface area contributed by atoms with Gasteiger partial charge in [-0.3, -0.25) is 4.79 Å². The topological polar surface area (TPSA) is 63.6 Å². The highest BCUT2D eigenvalue weighted by Gasteiger charge is 2.10. The molecule has 0 aliphatic carbocycles. The molecule has 0 spiro atoms. The summed E-state index contributed by atoms with van der Waals surface area (Å²) in [5, 5.41) is 10.1. The van der Waals surface area contributed by atoms with Gasteiger partial charge < -0.3 is 9.84 Å². The Labute approximate surface area is 85.1 Å². The normalized spacial score (nSPS) is 9.79. The van der Waals surface area contributed by atoms with Gasteiger partial charge in [-0.05, 0) is 13.0 Å². The Morgan fingerprint density at radius 3 is 2.86 bits per heavy atom. The van der Waals surface area contributed by atoms with Gasteiger partial charge in [0.1, 0.15) is 0 Å². The van der Waals surface area contributed by atoms with Gasteiger partial charge in [-0.2, -0.15) is 0 Å². The van der Waals surface area contributed by atoms with Crippen LogP contribution in [0.4, 0.5) is 0 Å². The first-order chi connectivity index (χ1) is 6.63. The lowest BCUT2D eigenvalue weighted by molar-refractivity contribution is -0.136. The Bertz CT molecular complexity index is 342. The molecule has 0 atom stereocenters. The van der Waals surface area contributed by atoms with Crippen molar-refractivity contribution in [3.63, 3.8) is 0 Å². The zero-order valence-corrected chi connectivity index (χ0v) is 8.47. The van der Waals surface area contributed by atoms with Crippen LogP contribution in [0, 0.1) is 0 Å². The molecule has 0 amide bonds. The number of hydrogen-bond donors (Lipinski definition) is 1. The van der Waals surface area contributed by atoms with E-state index in [0.717, 1.165) is 0 Å². The van der Waals surface area contributed by atoms with Crippen molar-refractivity contribution in [1.82, 2.24) is 0 Å². The van der Waals surface area contributed by atoms with Gasteiger partial charge >= 0.3 is 11.9 Å². The average molecular weight is 214 g/mol. The fourth-order valence-electron chi connectivity index (χ4n) is 0.944. The monoisotopic (exact) mass is 214 g/mol. The minimum Gasteiger partial charge on any atom is -0.481 e. The van der Waals surface area contributed by atoms with Gasteiger partial charge in [0.2, 0.25) is 0 Å². The maximum absolute atomic E-state index is 11.2. The second-order valence-electron chi connectivity index (χ2n) is 2.59. The highest BCUT2D eigenvalue weighted by atomic mass is 32.1. The first kappa shape index (κ1) is 10.7. The molecular formula is C9H10O4S. The lowest BCUT2D eigenvalue weighted by Crippen LogP contribution is -2.03. The smallest absolute Gasteiger partial charge is 0.338 e. The van der Waals surface area contributed by atoms with E-state index in [1.54, 1.807) is 18.4 Å². The van der Waals surface area contributed by atoms with Crippen LogP contribution in [0.2, 0.25) is 0 Å². The minimum atomic E-state index is -0.901. The second kappa shape index (κ2) is 4.76. The van der Waals surface area contributed by atoms with Crippen LogP contribution in [-0.2, 0) is 16.0 Å². The number of carbonyl (C=O) groups excluding carboxylic acids is 1. The molecule has 1 N–H and O–H groups in total. The molecule has 0 aromatic carbocycles. The van der Waals surface area contributed by atoms with Crippen LogP contribution in [-0.4, -0.2) is 23.7 Å². The van der Waals surface area contributed by atoms with Crippen LogP contribution in [0.25, 0.3) is 0 Å². The maximum Gasteiger partial charge on any atom is 0.338 e. The zero-order valence-electron chi connectivity index (χ0n) is 7.65. The molecule has 1 aromatic heterocycles. The first-order valence-electron chi connectivity index (χ1n) is 4.09. The summed E-state index contributed by atoms with van der Waals surface area (Å²) in [4.78, 5) is 22.2. The molecule has 0 aliphatic rings. The van der Waals surface area contributed by atoms with Crippen LogP contribution in [0.3, 0.4) is 0 Å². The predicted octanol–water partition coefficient (Wildman–Crippen LogP) is 1.55. The average Bonchev–Trinajstić information content (AvgIpc) is 2.52. The lowest BCUT2D eigenvalue weighted by atomic mass is 10.3. The Kier molecular flexibility index (Phi) is 3.64. The number of rotatable bonds is 4. The van der Waals surface area contributed by atoms with E-state index >= 15 is 0 Å². The summed E-state index contributed by atoms with van der Waals surface area (Å²) >= 11 is 1.25. The third kappa shape index (κ3) is 2.85. The van der Waals surface area contributed by atoms with E-state index in [0.29, 0.717) is 17.0 Å². The van der Waals surface area contributed by atoms with Gasteiger partial charge in [0.15, 0.2) is 0 Å². The van der Waals surface area contributed by atoms with Gasteiger partial charge in [-0.1, -0.05) is 0 Å². The fourth-order valence-corrected chi connectivity index (χ4v) is 1.79. The van der Waals surface area contributed by atoms with E-state index in [9.17, 15) is 9.59 Å². The van der Waals surface area contributed by atoms with Crippen molar-refractivity contribution in [3.05, 3.63) is 21.9 Å². The zero-order chi connectivity index (χ0) is 10.6.